The average Bonchev–Trinajstić information content (AvgIpc) is 3.22. The Kier molecular flexibility index (Phi) is 7.92. The Morgan fingerprint density at radius 2 is 2.03 bits per heavy atom. The minimum absolute atomic E-state index is 0.0832. The number of amides is 1. The van der Waals surface area contributed by atoms with Crippen molar-refractivity contribution in [1.29, 1.82) is 0 Å². The normalized spacial score (nSPS) is 21.4. The highest BCUT2D eigenvalue weighted by Crippen LogP contribution is 2.23. The second kappa shape index (κ2) is 10.2. The number of sulfonamides is 1. The van der Waals surface area contributed by atoms with Gasteiger partial charge in [0.25, 0.3) is 5.91 Å². The van der Waals surface area contributed by atoms with Gasteiger partial charge in [-0.3, -0.25) is 4.79 Å². The molecule has 0 spiro atoms. The Bertz CT molecular complexity index is 804. The van der Waals surface area contributed by atoms with Gasteiger partial charge < -0.3 is 15.0 Å². The van der Waals surface area contributed by atoms with E-state index in [2.05, 4.69) is 22.0 Å². The highest BCUT2D eigenvalue weighted by atomic mass is 35.5. The summed E-state index contributed by atoms with van der Waals surface area (Å²) in [6.07, 6.45) is 4.87. The maximum atomic E-state index is 12.6. The van der Waals surface area contributed by atoms with Gasteiger partial charge in [0.05, 0.1) is 11.1 Å². The molecule has 2 saturated heterocycles. The summed E-state index contributed by atoms with van der Waals surface area (Å²) in [6, 6.07) is 4.34. The van der Waals surface area contributed by atoms with Crippen molar-refractivity contribution in [3.63, 3.8) is 0 Å². The zero-order chi connectivity index (χ0) is 20.9. The van der Waals surface area contributed by atoms with Gasteiger partial charge in [-0.05, 0) is 76.4 Å². The Hall–Kier alpha value is -1.19. The van der Waals surface area contributed by atoms with Gasteiger partial charge in [0.2, 0.25) is 10.0 Å². The van der Waals surface area contributed by atoms with Crippen LogP contribution < -0.4 is 10.0 Å². The Balaban J connectivity index is 1.56. The van der Waals surface area contributed by atoms with Crippen LogP contribution in [-0.2, 0) is 14.8 Å². The fourth-order valence-electron chi connectivity index (χ4n) is 3.78. The largest absolute Gasteiger partial charge is 0.377 e. The number of benzene rings is 1. The zero-order valence-electron chi connectivity index (χ0n) is 16.8. The van der Waals surface area contributed by atoms with Crippen molar-refractivity contribution >= 4 is 27.5 Å². The van der Waals surface area contributed by atoms with Crippen LogP contribution in [0.4, 0.5) is 0 Å². The Morgan fingerprint density at radius 1 is 1.28 bits per heavy atom. The Labute approximate surface area is 178 Å². The molecule has 162 valence electrons. The molecule has 2 fully saturated rings. The SMILES string of the molecule is CN1CCC(CCNC(=O)c2ccc(Cl)c(S(=O)(=O)NCC3CCCO3)c2)CC1. The van der Waals surface area contributed by atoms with E-state index in [0.29, 0.717) is 19.1 Å². The molecule has 0 radical (unpaired) electrons. The summed E-state index contributed by atoms with van der Waals surface area (Å²) in [7, 11) is -1.70. The molecular weight excluding hydrogens is 414 g/mol. The predicted octanol–water partition coefficient (Wildman–Crippen LogP) is 2.26. The monoisotopic (exact) mass is 443 g/mol. The van der Waals surface area contributed by atoms with E-state index in [1.807, 2.05) is 0 Å². The van der Waals surface area contributed by atoms with Crippen molar-refractivity contribution in [1.82, 2.24) is 14.9 Å². The van der Waals surface area contributed by atoms with Crippen molar-refractivity contribution < 1.29 is 17.9 Å². The molecule has 0 aromatic heterocycles. The second-order valence-corrected chi connectivity index (χ2v) is 10.1. The fraction of sp³-hybridized carbons (Fsp3) is 0.650. The summed E-state index contributed by atoms with van der Waals surface area (Å²) in [5, 5.41) is 2.99. The van der Waals surface area contributed by atoms with E-state index in [9.17, 15) is 13.2 Å². The number of carbonyl (C=O) groups excluding carboxylic acids is 1. The van der Waals surface area contributed by atoms with Crippen LogP contribution in [0, 0.1) is 5.92 Å². The van der Waals surface area contributed by atoms with Crippen molar-refractivity contribution in [3.8, 4) is 0 Å². The van der Waals surface area contributed by atoms with Crippen LogP contribution in [0.1, 0.15) is 42.5 Å². The highest BCUT2D eigenvalue weighted by molar-refractivity contribution is 7.89. The molecule has 0 aliphatic carbocycles. The fourth-order valence-corrected chi connectivity index (χ4v) is 5.37. The molecule has 9 heteroatoms. The average molecular weight is 444 g/mol. The first-order chi connectivity index (χ1) is 13.8. The van der Waals surface area contributed by atoms with Crippen LogP contribution >= 0.6 is 11.6 Å². The third-order valence-electron chi connectivity index (χ3n) is 5.68. The number of likely N-dealkylation sites (tertiary alicyclic amines) is 1. The molecule has 1 aromatic carbocycles. The number of halogens is 1. The molecule has 2 aliphatic heterocycles. The van der Waals surface area contributed by atoms with E-state index < -0.39 is 10.0 Å². The third kappa shape index (κ3) is 6.39. The molecule has 1 amide bonds. The van der Waals surface area contributed by atoms with Crippen molar-refractivity contribution in [2.24, 2.45) is 5.92 Å². The van der Waals surface area contributed by atoms with E-state index >= 15 is 0 Å². The highest BCUT2D eigenvalue weighted by Gasteiger charge is 2.23. The molecule has 0 bridgehead atoms. The van der Waals surface area contributed by atoms with E-state index in [-0.39, 0.29) is 34.0 Å². The van der Waals surface area contributed by atoms with Crippen molar-refractivity contribution in [2.75, 3.05) is 39.8 Å². The van der Waals surface area contributed by atoms with Crippen molar-refractivity contribution in [2.45, 2.75) is 43.1 Å². The van der Waals surface area contributed by atoms with Gasteiger partial charge in [-0.1, -0.05) is 11.6 Å². The number of piperidine rings is 1. The van der Waals surface area contributed by atoms with Gasteiger partial charge >= 0.3 is 0 Å². The van der Waals surface area contributed by atoms with E-state index in [1.54, 1.807) is 6.07 Å². The first-order valence-electron chi connectivity index (χ1n) is 10.2. The molecule has 3 rings (SSSR count). The smallest absolute Gasteiger partial charge is 0.251 e. The topological polar surface area (TPSA) is 87.7 Å². The molecular formula is C20H30ClN3O4S. The standard InChI is InChI=1S/C20H30ClN3O4S/c1-24-10-7-15(8-11-24)6-9-22-20(25)16-4-5-18(21)19(13-16)29(26,27)23-14-17-3-2-12-28-17/h4-5,13,15,17,23H,2-3,6-12,14H2,1H3,(H,22,25). The minimum atomic E-state index is -3.82. The van der Waals surface area contributed by atoms with Crippen LogP contribution in [0.3, 0.4) is 0 Å². The quantitative estimate of drug-likeness (QED) is 0.643. The number of ether oxygens (including phenoxy) is 1. The third-order valence-corrected chi connectivity index (χ3v) is 7.59. The van der Waals surface area contributed by atoms with Gasteiger partial charge in [0.1, 0.15) is 4.90 Å². The number of hydrogen-bond donors (Lipinski definition) is 2. The van der Waals surface area contributed by atoms with Gasteiger partial charge in [-0.2, -0.15) is 0 Å². The van der Waals surface area contributed by atoms with Crippen LogP contribution in [0.5, 0.6) is 0 Å². The van der Waals surface area contributed by atoms with E-state index in [4.69, 9.17) is 16.3 Å². The summed E-state index contributed by atoms with van der Waals surface area (Å²) in [6.45, 7) is 3.62. The van der Waals surface area contributed by atoms with Gasteiger partial charge in [0.15, 0.2) is 0 Å². The summed E-state index contributed by atoms with van der Waals surface area (Å²) in [4.78, 5) is 14.7. The molecule has 0 saturated carbocycles. The number of carbonyl (C=O) groups is 1. The lowest BCUT2D eigenvalue weighted by atomic mass is 9.94. The predicted molar refractivity (Wildman–Crippen MR) is 113 cm³/mol. The van der Waals surface area contributed by atoms with Crippen LogP contribution in [0.15, 0.2) is 23.1 Å². The zero-order valence-corrected chi connectivity index (χ0v) is 18.4. The second-order valence-electron chi connectivity index (χ2n) is 7.92. The lowest BCUT2D eigenvalue weighted by Crippen LogP contribution is -2.33. The first kappa shape index (κ1) is 22.5. The molecule has 1 unspecified atom stereocenters. The molecule has 2 heterocycles. The molecule has 1 atom stereocenters. The summed E-state index contributed by atoms with van der Waals surface area (Å²) in [5.41, 5.74) is 0.287. The number of rotatable bonds is 8. The van der Waals surface area contributed by atoms with Crippen LogP contribution in [0.2, 0.25) is 5.02 Å². The van der Waals surface area contributed by atoms with Crippen LogP contribution in [-0.4, -0.2) is 65.2 Å². The minimum Gasteiger partial charge on any atom is -0.377 e. The van der Waals surface area contributed by atoms with E-state index in [0.717, 1.165) is 45.2 Å². The molecule has 1 aromatic rings. The maximum absolute atomic E-state index is 12.6. The molecule has 2 aliphatic rings. The number of hydrogen-bond acceptors (Lipinski definition) is 5. The maximum Gasteiger partial charge on any atom is 0.251 e. The summed E-state index contributed by atoms with van der Waals surface area (Å²) >= 11 is 6.11. The number of nitrogens with zero attached hydrogens (tertiary/aromatic N) is 1. The summed E-state index contributed by atoms with van der Waals surface area (Å²) in [5.74, 6) is 0.333. The molecule has 29 heavy (non-hydrogen) atoms. The number of nitrogens with one attached hydrogen (secondary N) is 2. The molecule has 2 N–H and O–H groups in total. The van der Waals surface area contributed by atoms with Gasteiger partial charge in [0, 0.05) is 25.3 Å². The van der Waals surface area contributed by atoms with Crippen molar-refractivity contribution in [3.05, 3.63) is 28.8 Å². The lowest BCUT2D eigenvalue weighted by molar-refractivity contribution is 0.0948. The van der Waals surface area contributed by atoms with E-state index in [1.165, 1.54) is 12.1 Å². The Morgan fingerprint density at radius 3 is 2.72 bits per heavy atom. The molecule has 7 nitrogen and oxygen atoms in total. The van der Waals surface area contributed by atoms with Gasteiger partial charge in [-0.15, -0.1) is 0 Å². The van der Waals surface area contributed by atoms with Gasteiger partial charge in [-0.25, -0.2) is 13.1 Å². The summed E-state index contributed by atoms with van der Waals surface area (Å²) < 4.78 is 33.3. The lowest BCUT2D eigenvalue weighted by Gasteiger charge is -2.28. The van der Waals surface area contributed by atoms with Crippen LogP contribution in [0.25, 0.3) is 0 Å². The first-order valence-corrected chi connectivity index (χ1v) is 12.1.